The SMILES string of the molecule is CCCC(NC(=O)NCc1ccc(F)cc1)C(=O)Nc1ccc(N2CCN(C)CC2)c(C)c1. The predicted octanol–water partition coefficient (Wildman–Crippen LogP) is 3.49. The Morgan fingerprint density at radius 2 is 1.76 bits per heavy atom. The lowest BCUT2D eigenvalue weighted by Crippen LogP contribution is -2.47. The van der Waals surface area contributed by atoms with E-state index in [1.165, 1.54) is 17.8 Å². The van der Waals surface area contributed by atoms with E-state index in [4.69, 9.17) is 0 Å². The van der Waals surface area contributed by atoms with E-state index < -0.39 is 12.1 Å². The summed E-state index contributed by atoms with van der Waals surface area (Å²) in [5.41, 5.74) is 3.78. The third-order valence-corrected chi connectivity index (χ3v) is 5.87. The molecule has 3 N–H and O–H groups in total. The van der Waals surface area contributed by atoms with E-state index in [1.54, 1.807) is 12.1 Å². The molecule has 178 valence electrons. The number of hydrogen-bond acceptors (Lipinski definition) is 4. The summed E-state index contributed by atoms with van der Waals surface area (Å²) < 4.78 is 13.0. The Morgan fingerprint density at radius 3 is 2.39 bits per heavy atom. The molecule has 1 aliphatic rings. The lowest BCUT2D eigenvalue weighted by Gasteiger charge is -2.35. The lowest BCUT2D eigenvalue weighted by atomic mass is 10.1. The number of aryl methyl sites for hydroxylation is 1. The first-order valence-corrected chi connectivity index (χ1v) is 11.5. The van der Waals surface area contributed by atoms with Crippen LogP contribution in [0.25, 0.3) is 0 Å². The molecule has 0 aliphatic carbocycles. The van der Waals surface area contributed by atoms with Gasteiger partial charge in [0.2, 0.25) is 5.91 Å². The van der Waals surface area contributed by atoms with E-state index in [1.807, 2.05) is 32.0 Å². The van der Waals surface area contributed by atoms with Crippen LogP contribution >= 0.6 is 0 Å². The number of likely N-dealkylation sites (N-methyl/N-ethyl adjacent to an activating group) is 1. The molecule has 2 aromatic rings. The molecule has 1 unspecified atom stereocenters. The van der Waals surface area contributed by atoms with Crippen LogP contribution < -0.4 is 20.9 Å². The minimum Gasteiger partial charge on any atom is -0.369 e. The number of benzene rings is 2. The average Bonchev–Trinajstić information content (AvgIpc) is 2.79. The van der Waals surface area contributed by atoms with Gasteiger partial charge in [0.1, 0.15) is 11.9 Å². The Balaban J connectivity index is 1.56. The highest BCUT2D eigenvalue weighted by Gasteiger charge is 2.21. The molecule has 1 aliphatic heterocycles. The molecule has 33 heavy (non-hydrogen) atoms. The molecular formula is C25H34FN5O2. The molecular weight excluding hydrogens is 421 g/mol. The summed E-state index contributed by atoms with van der Waals surface area (Å²) in [5, 5.41) is 8.41. The zero-order valence-electron chi connectivity index (χ0n) is 19.7. The number of rotatable bonds is 8. The Hall–Kier alpha value is -3.13. The standard InChI is InChI=1S/C25H34FN5O2/c1-4-5-22(29-25(33)27-17-19-6-8-20(26)9-7-19)24(32)28-21-10-11-23(18(2)16-21)31-14-12-30(3)13-15-31/h6-11,16,22H,4-5,12-15,17H2,1-3H3,(H,28,32)(H2,27,29,33). The molecule has 7 nitrogen and oxygen atoms in total. The average molecular weight is 456 g/mol. The summed E-state index contributed by atoms with van der Waals surface area (Å²) in [6.07, 6.45) is 1.27. The van der Waals surface area contributed by atoms with Crippen LogP contribution in [0.15, 0.2) is 42.5 Å². The summed E-state index contributed by atoms with van der Waals surface area (Å²) in [5.74, 6) is -0.574. The quantitative estimate of drug-likeness (QED) is 0.570. The number of nitrogens with one attached hydrogen (secondary N) is 3. The molecule has 0 spiro atoms. The fraction of sp³-hybridized carbons (Fsp3) is 0.440. The Morgan fingerprint density at radius 1 is 1.06 bits per heavy atom. The van der Waals surface area contributed by atoms with Crippen LogP contribution in [-0.2, 0) is 11.3 Å². The fourth-order valence-electron chi connectivity index (χ4n) is 3.92. The van der Waals surface area contributed by atoms with Gasteiger partial charge in [0.15, 0.2) is 0 Å². The molecule has 0 aromatic heterocycles. The highest BCUT2D eigenvalue weighted by atomic mass is 19.1. The van der Waals surface area contributed by atoms with E-state index in [9.17, 15) is 14.0 Å². The van der Waals surface area contributed by atoms with Crippen molar-refractivity contribution in [3.05, 3.63) is 59.4 Å². The van der Waals surface area contributed by atoms with E-state index in [0.29, 0.717) is 12.1 Å². The van der Waals surface area contributed by atoms with Crippen molar-refractivity contribution in [1.82, 2.24) is 15.5 Å². The second-order valence-electron chi connectivity index (χ2n) is 8.58. The van der Waals surface area contributed by atoms with Crippen molar-refractivity contribution in [2.75, 3.05) is 43.4 Å². The first-order chi connectivity index (χ1) is 15.9. The predicted molar refractivity (Wildman–Crippen MR) is 130 cm³/mol. The molecule has 1 fully saturated rings. The van der Waals surface area contributed by atoms with E-state index in [2.05, 4.69) is 32.8 Å². The molecule has 1 atom stereocenters. The minimum absolute atomic E-state index is 0.250. The van der Waals surface area contributed by atoms with Crippen LogP contribution in [0.2, 0.25) is 0 Å². The summed E-state index contributed by atoms with van der Waals surface area (Å²) in [6.45, 7) is 8.30. The van der Waals surface area contributed by atoms with Gasteiger partial charge in [-0.25, -0.2) is 9.18 Å². The molecule has 3 rings (SSSR count). The lowest BCUT2D eigenvalue weighted by molar-refractivity contribution is -0.118. The Bertz CT molecular complexity index is 942. The van der Waals surface area contributed by atoms with Crippen molar-refractivity contribution in [3.63, 3.8) is 0 Å². The fourth-order valence-corrected chi connectivity index (χ4v) is 3.92. The van der Waals surface area contributed by atoms with Gasteiger partial charge < -0.3 is 25.8 Å². The van der Waals surface area contributed by atoms with Crippen molar-refractivity contribution < 1.29 is 14.0 Å². The van der Waals surface area contributed by atoms with Crippen LogP contribution in [0.3, 0.4) is 0 Å². The first-order valence-electron chi connectivity index (χ1n) is 11.5. The van der Waals surface area contributed by atoms with Crippen molar-refractivity contribution >= 4 is 23.3 Å². The number of hydrogen-bond donors (Lipinski definition) is 3. The number of piperazine rings is 1. The first kappa shape index (κ1) is 24.5. The van der Waals surface area contributed by atoms with Gasteiger partial charge in [-0.2, -0.15) is 0 Å². The maximum absolute atomic E-state index is 13.0. The molecule has 2 aromatic carbocycles. The smallest absolute Gasteiger partial charge is 0.315 e. The van der Waals surface area contributed by atoms with Crippen LogP contribution in [0.1, 0.15) is 30.9 Å². The Kier molecular flexibility index (Phi) is 8.65. The van der Waals surface area contributed by atoms with Crippen molar-refractivity contribution in [1.29, 1.82) is 0 Å². The number of halogens is 1. The summed E-state index contributed by atoms with van der Waals surface area (Å²) in [7, 11) is 2.13. The molecule has 8 heteroatoms. The third kappa shape index (κ3) is 7.18. The van der Waals surface area contributed by atoms with Gasteiger partial charge in [-0.3, -0.25) is 4.79 Å². The van der Waals surface area contributed by atoms with Crippen molar-refractivity contribution in [2.24, 2.45) is 0 Å². The maximum Gasteiger partial charge on any atom is 0.315 e. The minimum atomic E-state index is -0.652. The van der Waals surface area contributed by atoms with Gasteiger partial charge in [-0.1, -0.05) is 25.5 Å². The second kappa shape index (κ2) is 11.7. The number of carbonyl (C=O) groups excluding carboxylic acids is 2. The molecule has 1 saturated heterocycles. The van der Waals surface area contributed by atoms with Gasteiger partial charge in [0.05, 0.1) is 0 Å². The normalized spacial score (nSPS) is 15.1. The van der Waals surface area contributed by atoms with Gasteiger partial charge in [0.25, 0.3) is 0 Å². The second-order valence-corrected chi connectivity index (χ2v) is 8.58. The van der Waals surface area contributed by atoms with Crippen LogP contribution in [0, 0.1) is 12.7 Å². The number of urea groups is 1. The highest BCUT2D eigenvalue weighted by Crippen LogP contribution is 2.25. The summed E-state index contributed by atoms with van der Waals surface area (Å²) in [6, 6.07) is 10.8. The highest BCUT2D eigenvalue weighted by molar-refractivity contribution is 5.97. The van der Waals surface area contributed by atoms with Gasteiger partial charge in [0, 0.05) is 44.1 Å². The van der Waals surface area contributed by atoms with E-state index >= 15 is 0 Å². The zero-order chi connectivity index (χ0) is 23.8. The summed E-state index contributed by atoms with van der Waals surface area (Å²) in [4.78, 5) is 29.9. The van der Waals surface area contributed by atoms with Crippen LogP contribution in [-0.4, -0.2) is 56.1 Å². The van der Waals surface area contributed by atoms with Crippen LogP contribution in [0.4, 0.5) is 20.6 Å². The van der Waals surface area contributed by atoms with E-state index in [-0.39, 0.29) is 18.3 Å². The molecule has 0 radical (unpaired) electrons. The van der Waals surface area contributed by atoms with Crippen LogP contribution in [0.5, 0.6) is 0 Å². The number of amides is 3. The molecule has 1 heterocycles. The van der Waals surface area contributed by atoms with Crippen molar-refractivity contribution in [2.45, 2.75) is 39.3 Å². The Labute approximate surface area is 195 Å². The summed E-state index contributed by atoms with van der Waals surface area (Å²) >= 11 is 0. The number of nitrogens with zero attached hydrogens (tertiary/aromatic N) is 2. The molecule has 0 bridgehead atoms. The zero-order valence-corrected chi connectivity index (χ0v) is 19.7. The molecule has 0 saturated carbocycles. The number of anilines is 2. The van der Waals surface area contributed by atoms with Gasteiger partial charge in [-0.05, 0) is 61.9 Å². The third-order valence-electron chi connectivity index (χ3n) is 5.87. The van der Waals surface area contributed by atoms with Gasteiger partial charge >= 0.3 is 6.03 Å². The maximum atomic E-state index is 13.0. The topological polar surface area (TPSA) is 76.7 Å². The van der Waals surface area contributed by atoms with E-state index in [0.717, 1.165) is 43.7 Å². The van der Waals surface area contributed by atoms with Crippen molar-refractivity contribution in [3.8, 4) is 0 Å². The monoisotopic (exact) mass is 455 g/mol. The van der Waals surface area contributed by atoms with Gasteiger partial charge in [-0.15, -0.1) is 0 Å². The number of carbonyl (C=O) groups is 2. The largest absolute Gasteiger partial charge is 0.369 e. The molecule has 3 amide bonds.